The van der Waals surface area contributed by atoms with E-state index in [4.69, 9.17) is 11.6 Å². The van der Waals surface area contributed by atoms with Gasteiger partial charge in [-0.25, -0.2) is 8.42 Å². The number of nitrogens with one attached hydrogen (secondary N) is 1. The minimum Gasteiger partial charge on any atom is -0.262 e. The van der Waals surface area contributed by atoms with Gasteiger partial charge in [0.15, 0.2) is 11.0 Å². The molecule has 1 aromatic heterocycles. The number of aryl methyl sites for hydroxylation is 1. The van der Waals surface area contributed by atoms with E-state index >= 15 is 0 Å². The number of hydrogen-bond donors (Lipinski definition) is 1. The van der Waals surface area contributed by atoms with Gasteiger partial charge in [0.05, 0.1) is 0 Å². The summed E-state index contributed by atoms with van der Waals surface area (Å²) in [7, 11) is -3.77. The van der Waals surface area contributed by atoms with Gasteiger partial charge in [-0.05, 0) is 52.7 Å². The number of halogens is 3. The van der Waals surface area contributed by atoms with Crippen LogP contribution in [-0.4, -0.2) is 18.6 Å². The highest BCUT2D eigenvalue weighted by molar-refractivity contribution is 9.11. The Hall–Kier alpha value is -0.700. The summed E-state index contributed by atoms with van der Waals surface area (Å²) in [5, 5.41) is 7.43. The summed E-state index contributed by atoms with van der Waals surface area (Å²) < 4.78 is 28.1. The second-order valence-corrected chi connectivity index (χ2v) is 7.63. The molecule has 0 aliphatic heterocycles. The van der Waals surface area contributed by atoms with Crippen LogP contribution < -0.4 is 4.72 Å². The lowest BCUT2D eigenvalue weighted by Crippen LogP contribution is -2.15. The first-order valence-electron chi connectivity index (χ1n) is 5.27. The van der Waals surface area contributed by atoms with Crippen molar-refractivity contribution in [3.63, 3.8) is 0 Å². The molecule has 2 aromatic rings. The molecule has 1 aromatic carbocycles. The molecule has 5 nitrogen and oxygen atoms in total. The van der Waals surface area contributed by atoms with E-state index in [1.165, 1.54) is 18.2 Å². The van der Waals surface area contributed by atoms with Gasteiger partial charge in [0, 0.05) is 8.95 Å². The van der Waals surface area contributed by atoms with Crippen LogP contribution in [0.1, 0.15) is 5.56 Å². The third-order valence-electron chi connectivity index (χ3n) is 2.37. The Bertz CT molecular complexity index is 751. The van der Waals surface area contributed by atoms with E-state index in [1.807, 2.05) is 6.92 Å². The Balaban J connectivity index is 2.40. The number of rotatable bonds is 3. The van der Waals surface area contributed by atoms with Gasteiger partial charge in [0.25, 0.3) is 10.0 Å². The van der Waals surface area contributed by atoms with Crippen LogP contribution in [0.5, 0.6) is 0 Å². The Kier molecular flexibility index (Phi) is 4.68. The van der Waals surface area contributed by atoms with Crippen molar-refractivity contribution in [3.8, 4) is 0 Å². The Morgan fingerprint density at radius 3 is 2.45 bits per heavy atom. The smallest absolute Gasteiger partial charge is 0.262 e. The van der Waals surface area contributed by atoms with Gasteiger partial charge in [-0.3, -0.25) is 4.72 Å². The summed E-state index contributed by atoms with van der Waals surface area (Å²) in [6, 6.07) is 6.12. The highest BCUT2D eigenvalue weighted by Gasteiger charge is 2.20. The monoisotopic (exact) mass is 439 g/mol. The molecule has 0 saturated heterocycles. The van der Waals surface area contributed by atoms with E-state index in [-0.39, 0.29) is 15.9 Å². The molecule has 0 aliphatic rings. The summed E-state index contributed by atoms with van der Waals surface area (Å²) in [5.41, 5.74) is 0.919. The molecule has 0 radical (unpaired) electrons. The van der Waals surface area contributed by atoms with Gasteiger partial charge in [0.1, 0.15) is 4.90 Å². The second kappa shape index (κ2) is 5.97. The van der Waals surface area contributed by atoms with Crippen molar-refractivity contribution >= 4 is 59.3 Å². The van der Waals surface area contributed by atoms with Crippen molar-refractivity contribution in [3.05, 3.63) is 43.9 Å². The average molecular weight is 442 g/mol. The number of sulfonamides is 1. The van der Waals surface area contributed by atoms with Crippen molar-refractivity contribution < 1.29 is 8.42 Å². The summed E-state index contributed by atoms with van der Waals surface area (Å²) in [5.74, 6) is 0.0954. The lowest BCUT2D eigenvalue weighted by molar-refractivity contribution is 0.600. The van der Waals surface area contributed by atoms with Crippen molar-refractivity contribution in [2.45, 2.75) is 11.8 Å². The maximum Gasteiger partial charge on any atom is 0.264 e. The van der Waals surface area contributed by atoms with Crippen LogP contribution in [0, 0.1) is 6.92 Å². The predicted molar refractivity (Wildman–Crippen MR) is 84.4 cm³/mol. The fourth-order valence-corrected chi connectivity index (χ4v) is 4.17. The normalized spacial score (nSPS) is 11.4. The van der Waals surface area contributed by atoms with Crippen molar-refractivity contribution in [1.29, 1.82) is 0 Å². The lowest BCUT2D eigenvalue weighted by atomic mass is 10.2. The summed E-state index contributed by atoms with van der Waals surface area (Å²) in [4.78, 5) is 0.103. The van der Waals surface area contributed by atoms with Crippen LogP contribution >= 0.6 is 43.5 Å². The maximum absolute atomic E-state index is 12.3. The van der Waals surface area contributed by atoms with Crippen LogP contribution in [0.4, 0.5) is 5.82 Å². The predicted octanol–water partition coefficient (Wildman–Crippen LogP) is 3.76. The molecule has 0 fully saturated rings. The largest absolute Gasteiger partial charge is 0.264 e. The summed E-state index contributed by atoms with van der Waals surface area (Å²) >= 11 is 12.2. The summed E-state index contributed by atoms with van der Waals surface area (Å²) in [6.45, 7) is 1.86. The molecule has 0 atom stereocenters. The second-order valence-electron chi connectivity index (χ2n) is 3.88. The molecule has 0 aliphatic carbocycles. The first kappa shape index (κ1) is 15.7. The van der Waals surface area contributed by atoms with Gasteiger partial charge in [-0.15, -0.1) is 10.2 Å². The molecular formula is C11H8Br2ClN3O2S. The number of nitrogens with zero attached hydrogens (tertiary/aromatic N) is 2. The van der Waals surface area contributed by atoms with Crippen molar-refractivity contribution in [2.24, 2.45) is 0 Å². The summed E-state index contributed by atoms with van der Waals surface area (Å²) in [6.07, 6.45) is 0. The Labute approximate surface area is 138 Å². The molecule has 2 rings (SSSR count). The molecule has 0 amide bonds. The first-order chi connectivity index (χ1) is 9.29. The van der Waals surface area contributed by atoms with Gasteiger partial charge in [-0.1, -0.05) is 27.5 Å². The third-order valence-corrected chi connectivity index (χ3v) is 5.74. The highest BCUT2D eigenvalue weighted by atomic mass is 79.9. The molecule has 9 heteroatoms. The SMILES string of the molecule is Cc1cc(Br)c(S(=O)(=O)Nc2ccc(Cl)nn2)cc1Br. The van der Waals surface area contributed by atoms with E-state index < -0.39 is 10.0 Å². The zero-order valence-electron chi connectivity index (χ0n) is 10.1. The minimum absolute atomic E-state index is 0.0954. The van der Waals surface area contributed by atoms with Crippen LogP contribution in [0.2, 0.25) is 5.15 Å². The van der Waals surface area contributed by atoms with Crippen molar-refractivity contribution in [1.82, 2.24) is 10.2 Å². The molecule has 1 heterocycles. The van der Waals surface area contributed by atoms with E-state index in [1.54, 1.807) is 6.07 Å². The molecule has 0 unspecified atom stereocenters. The molecule has 0 saturated carbocycles. The fraction of sp³-hybridized carbons (Fsp3) is 0.0909. The molecule has 1 N–H and O–H groups in total. The van der Waals surface area contributed by atoms with Crippen LogP contribution in [0.25, 0.3) is 0 Å². The van der Waals surface area contributed by atoms with Gasteiger partial charge < -0.3 is 0 Å². The number of aromatic nitrogens is 2. The van der Waals surface area contributed by atoms with E-state index in [0.29, 0.717) is 8.95 Å². The Morgan fingerprint density at radius 1 is 1.15 bits per heavy atom. The van der Waals surface area contributed by atoms with Crippen molar-refractivity contribution in [2.75, 3.05) is 4.72 Å². The Morgan fingerprint density at radius 2 is 1.85 bits per heavy atom. The van der Waals surface area contributed by atoms with E-state index in [2.05, 4.69) is 46.8 Å². The molecular weight excluding hydrogens is 433 g/mol. The number of anilines is 1. The van der Waals surface area contributed by atoms with E-state index in [0.717, 1.165) is 5.56 Å². The topological polar surface area (TPSA) is 72.0 Å². The van der Waals surface area contributed by atoms with Crippen LogP contribution in [0.15, 0.2) is 38.1 Å². The van der Waals surface area contributed by atoms with Gasteiger partial charge >= 0.3 is 0 Å². The maximum atomic E-state index is 12.3. The highest BCUT2D eigenvalue weighted by Crippen LogP contribution is 2.29. The fourth-order valence-electron chi connectivity index (χ4n) is 1.40. The molecule has 0 spiro atoms. The standard InChI is InChI=1S/C11H8Br2ClN3O2S/c1-6-4-8(13)9(5-7(6)12)20(18,19)17-11-3-2-10(14)15-16-11/h2-5H,1H3,(H,16,17). The minimum atomic E-state index is -3.77. The number of benzene rings is 1. The zero-order chi connectivity index (χ0) is 14.9. The average Bonchev–Trinajstić information content (AvgIpc) is 2.36. The van der Waals surface area contributed by atoms with Crippen LogP contribution in [-0.2, 0) is 10.0 Å². The zero-order valence-corrected chi connectivity index (χ0v) is 14.8. The molecule has 0 bridgehead atoms. The third kappa shape index (κ3) is 3.49. The van der Waals surface area contributed by atoms with Gasteiger partial charge in [-0.2, -0.15) is 0 Å². The quantitative estimate of drug-likeness (QED) is 0.787. The van der Waals surface area contributed by atoms with Crippen LogP contribution in [0.3, 0.4) is 0 Å². The molecule has 106 valence electrons. The van der Waals surface area contributed by atoms with Gasteiger partial charge in [0.2, 0.25) is 0 Å². The first-order valence-corrected chi connectivity index (χ1v) is 8.72. The number of hydrogen-bond acceptors (Lipinski definition) is 4. The lowest BCUT2D eigenvalue weighted by Gasteiger charge is -2.10. The van der Waals surface area contributed by atoms with E-state index in [9.17, 15) is 8.42 Å². The molecule has 20 heavy (non-hydrogen) atoms.